The Labute approximate surface area is 148 Å². The largest absolute Gasteiger partial charge is 0.508 e. The fourth-order valence-electron chi connectivity index (χ4n) is 2.76. The molecule has 0 spiro atoms. The van der Waals surface area contributed by atoms with Gasteiger partial charge in [-0.3, -0.25) is 4.79 Å². The Morgan fingerprint density at radius 3 is 2.27 bits per heavy atom. The van der Waals surface area contributed by atoms with Crippen molar-refractivity contribution in [3.8, 4) is 22.8 Å². The number of nitrogens with one attached hydrogen (secondary N) is 1. The van der Waals surface area contributed by atoms with Gasteiger partial charge in [0.15, 0.2) is 5.76 Å². The number of phenols is 1. The lowest BCUT2D eigenvalue weighted by Crippen LogP contribution is -2.03. The lowest BCUT2D eigenvalue weighted by Gasteiger charge is -2.09. The van der Waals surface area contributed by atoms with Crippen LogP contribution in [0.25, 0.3) is 22.3 Å². The number of fused-ring (bicyclic) bond motifs is 1. The van der Waals surface area contributed by atoms with Gasteiger partial charge in [-0.25, -0.2) is 0 Å². The maximum atomic E-state index is 12.6. The number of aromatic hydroxyl groups is 2. The highest BCUT2D eigenvalue weighted by atomic mass is 16.4. The first-order valence-corrected chi connectivity index (χ1v) is 8.03. The second-order valence-corrected chi connectivity index (χ2v) is 5.86. The monoisotopic (exact) mass is 345 g/mol. The third kappa shape index (κ3) is 2.86. The van der Waals surface area contributed by atoms with Crippen LogP contribution in [-0.2, 0) is 0 Å². The standard InChI is InChI=1S/C21H15NO4/c23-16-9-6-13(7-10-16)21-20(25)19(24)17-12-15(8-11-18(17)26-21)22-14-4-2-1-3-5-14/h1-12,22-23,25H. The summed E-state index contributed by atoms with van der Waals surface area (Å²) < 4.78 is 5.75. The van der Waals surface area contributed by atoms with Gasteiger partial charge < -0.3 is 19.9 Å². The minimum Gasteiger partial charge on any atom is -0.508 e. The van der Waals surface area contributed by atoms with E-state index < -0.39 is 11.2 Å². The molecule has 1 heterocycles. The van der Waals surface area contributed by atoms with Gasteiger partial charge in [0.05, 0.1) is 5.39 Å². The van der Waals surface area contributed by atoms with E-state index in [1.54, 1.807) is 30.3 Å². The maximum Gasteiger partial charge on any atom is 0.235 e. The fourth-order valence-corrected chi connectivity index (χ4v) is 2.76. The molecule has 0 aliphatic heterocycles. The molecule has 0 fully saturated rings. The summed E-state index contributed by atoms with van der Waals surface area (Å²) in [7, 11) is 0. The molecule has 0 saturated carbocycles. The molecule has 128 valence electrons. The Morgan fingerprint density at radius 1 is 0.808 bits per heavy atom. The van der Waals surface area contributed by atoms with Crippen molar-refractivity contribution in [2.24, 2.45) is 0 Å². The second-order valence-electron chi connectivity index (χ2n) is 5.86. The highest BCUT2D eigenvalue weighted by Gasteiger charge is 2.15. The molecule has 5 heteroatoms. The molecule has 0 amide bonds. The number of anilines is 2. The van der Waals surface area contributed by atoms with Crippen molar-refractivity contribution < 1.29 is 14.6 Å². The molecular weight excluding hydrogens is 330 g/mol. The van der Waals surface area contributed by atoms with Gasteiger partial charge in [0.1, 0.15) is 11.3 Å². The van der Waals surface area contributed by atoms with E-state index in [-0.39, 0.29) is 16.9 Å². The molecule has 0 aliphatic carbocycles. The average Bonchev–Trinajstić information content (AvgIpc) is 2.67. The van der Waals surface area contributed by atoms with E-state index in [9.17, 15) is 15.0 Å². The van der Waals surface area contributed by atoms with E-state index in [2.05, 4.69) is 5.32 Å². The summed E-state index contributed by atoms with van der Waals surface area (Å²) in [5.41, 5.74) is 1.97. The van der Waals surface area contributed by atoms with Crippen LogP contribution in [0.5, 0.6) is 11.5 Å². The van der Waals surface area contributed by atoms with E-state index in [1.807, 2.05) is 30.3 Å². The van der Waals surface area contributed by atoms with E-state index in [0.717, 1.165) is 5.69 Å². The van der Waals surface area contributed by atoms with Gasteiger partial charge in [-0.15, -0.1) is 0 Å². The smallest absolute Gasteiger partial charge is 0.235 e. The molecule has 3 aromatic carbocycles. The number of rotatable bonds is 3. The van der Waals surface area contributed by atoms with Crippen LogP contribution in [0.15, 0.2) is 82.0 Å². The first kappa shape index (κ1) is 15.8. The molecule has 4 aromatic rings. The van der Waals surface area contributed by atoms with Gasteiger partial charge in [0.2, 0.25) is 11.2 Å². The maximum absolute atomic E-state index is 12.6. The van der Waals surface area contributed by atoms with Gasteiger partial charge in [0.25, 0.3) is 0 Å². The van der Waals surface area contributed by atoms with Crippen LogP contribution in [0.1, 0.15) is 0 Å². The molecule has 0 bridgehead atoms. The molecule has 0 unspecified atom stereocenters. The summed E-state index contributed by atoms with van der Waals surface area (Å²) in [5.74, 6) is -0.292. The minimum absolute atomic E-state index is 0.0752. The van der Waals surface area contributed by atoms with Crippen molar-refractivity contribution in [2.75, 3.05) is 5.32 Å². The summed E-state index contributed by atoms with van der Waals surface area (Å²) in [6, 6.07) is 20.8. The third-order valence-corrected chi connectivity index (χ3v) is 4.06. The molecule has 4 rings (SSSR count). The molecule has 0 saturated heterocycles. The quantitative estimate of drug-likeness (QED) is 0.505. The summed E-state index contributed by atoms with van der Waals surface area (Å²) >= 11 is 0. The first-order valence-electron chi connectivity index (χ1n) is 8.03. The van der Waals surface area contributed by atoms with Crippen LogP contribution in [-0.4, -0.2) is 10.2 Å². The summed E-state index contributed by atoms with van der Waals surface area (Å²) in [6.07, 6.45) is 0. The molecule has 0 atom stereocenters. The van der Waals surface area contributed by atoms with Crippen molar-refractivity contribution >= 4 is 22.3 Å². The molecule has 26 heavy (non-hydrogen) atoms. The summed E-state index contributed by atoms with van der Waals surface area (Å²) in [6.45, 7) is 0. The van der Waals surface area contributed by atoms with E-state index >= 15 is 0 Å². The normalized spacial score (nSPS) is 10.8. The predicted molar refractivity (Wildman–Crippen MR) is 101 cm³/mol. The number of para-hydroxylation sites is 1. The minimum atomic E-state index is -0.508. The van der Waals surface area contributed by atoms with Gasteiger partial charge in [0, 0.05) is 16.9 Å². The molecule has 3 N–H and O–H groups in total. The third-order valence-electron chi connectivity index (χ3n) is 4.06. The highest BCUT2D eigenvalue weighted by molar-refractivity contribution is 5.85. The van der Waals surface area contributed by atoms with E-state index in [1.165, 1.54) is 12.1 Å². The Hall–Kier alpha value is -3.73. The zero-order chi connectivity index (χ0) is 18.1. The van der Waals surface area contributed by atoms with Crippen molar-refractivity contribution in [1.82, 2.24) is 0 Å². The topological polar surface area (TPSA) is 82.7 Å². The van der Waals surface area contributed by atoms with E-state index in [4.69, 9.17) is 4.42 Å². The molecule has 5 nitrogen and oxygen atoms in total. The summed E-state index contributed by atoms with van der Waals surface area (Å²) in [5, 5.41) is 23.2. The van der Waals surface area contributed by atoms with Crippen LogP contribution in [0.4, 0.5) is 11.4 Å². The predicted octanol–water partition coefficient (Wildman–Crippen LogP) is 4.61. The Kier molecular flexibility index (Phi) is 3.82. The van der Waals surface area contributed by atoms with Crippen LogP contribution in [0, 0.1) is 0 Å². The average molecular weight is 345 g/mol. The van der Waals surface area contributed by atoms with Gasteiger partial charge >= 0.3 is 0 Å². The van der Waals surface area contributed by atoms with Crippen molar-refractivity contribution in [1.29, 1.82) is 0 Å². The highest BCUT2D eigenvalue weighted by Crippen LogP contribution is 2.32. The van der Waals surface area contributed by atoms with Crippen LogP contribution >= 0.6 is 0 Å². The van der Waals surface area contributed by atoms with Crippen LogP contribution < -0.4 is 10.7 Å². The molecule has 0 radical (unpaired) electrons. The number of hydrogen-bond donors (Lipinski definition) is 3. The molecular formula is C21H15NO4. The second kappa shape index (κ2) is 6.29. The lowest BCUT2D eigenvalue weighted by atomic mass is 10.1. The number of phenolic OH excluding ortho intramolecular Hbond substituents is 1. The summed E-state index contributed by atoms with van der Waals surface area (Å²) in [4.78, 5) is 12.6. The lowest BCUT2D eigenvalue weighted by molar-refractivity contribution is 0.449. The number of hydrogen-bond acceptors (Lipinski definition) is 5. The van der Waals surface area contributed by atoms with Crippen LogP contribution in [0.3, 0.4) is 0 Å². The molecule has 1 aromatic heterocycles. The first-order chi connectivity index (χ1) is 12.6. The zero-order valence-corrected chi connectivity index (χ0v) is 13.6. The SMILES string of the molecule is O=c1c(O)c(-c2ccc(O)cc2)oc2ccc(Nc3ccccc3)cc12. The van der Waals surface area contributed by atoms with Gasteiger partial charge in [-0.2, -0.15) is 0 Å². The van der Waals surface area contributed by atoms with Gasteiger partial charge in [-0.1, -0.05) is 18.2 Å². The Balaban J connectivity index is 1.80. The fraction of sp³-hybridized carbons (Fsp3) is 0. The van der Waals surface area contributed by atoms with E-state index in [0.29, 0.717) is 16.8 Å². The van der Waals surface area contributed by atoms with Crippen molar-refractivity contribution in [2.45, 2.75) is 0 Å². The Bertz CT molecular complexity index is 1130. The molecule has 0 aliphatic rings. The Morgan fingerprint density at radius 2 is 1.54 bits per heavy atom. The van der Waals surface area contributed by atoms with Crippen LogP contribution in [0.2, 0.25) is 0 Å². The zero-order valence-electron chi connectivity index (χ0n) is 13.6. The van der Waals surface area contributed by atoms with Gasteiger partial charge in [-0.05, 0) is 54.6 Å². The van der Waals surface area contributed by atoms with Crippen molar-refractivity contribution in [3.05, 3.63) is 83.0 Å². The van der Waals surface area contributed by atoms with Crippen molar-refractivity contribution in [3.63, 3.8) is 0 Å². The number of benzene rings is 3.